The number of hydrogen-bond acceptors (Lipinski definition) is 6. The minimum atomic E-state index is -2.82. The minimum Gasteiger partial charge on any atom is -0.493 e. The van der Waals surface area contributed by atoms with Gasteiger partial charge in [-0.15, -0.1) is 5.10 Å². The van der Waals surface area contributed by atoms with Gasteiger partial charge in [-0.25, -0.2) is 23.0 Å². The third-order valence-corrected chi connectivity index (χ3v) is 7.40. The van der Waals surface area contributed by atoms with Gasteiger partial charge in [-0.3, -0.25) is 4.79 Å². The number of carbonyl (C=O) groups is 1. The number of ether oxygens (including phenoxy) is 1. The van der Waals surface area contributed by atoms with Gasteiger partial charge in [0.1, 0.15) is 22.7 Å². The van der Waals surface area contributed by atoms with Crippen LogP contribution in [0, 0.1) is 0 Å². The summed E-state index contributed by atoms with van der Waals surface area (Å²) in [6, 6.07) is 16.1. The average Bonchev–Trinajstić information content (AvgIpc) is 3.61. The molecule has 0 saturated heterocycles. The molecule has 204 valence electrons. The molecule has 5 aromatic rings. The van der Waals surface area contributed by atoms with E-state index in [9.17, 15) is 13.6 Å². The fourth-order valence-electron chi connectivity index (χ4n) is 4.82. The number of halogens is 3. The predicted octanol–water partition coefficient (Wildman–Crippen LogP) is 5.72. The molecule has 0 spiro atoms. The molecule has 1 N–H and O–H groups in total. The SMILES string of the molecule is CC(C)(NC(=O)c1cnn2c(-c3ccccc3)cc(C(F)F)nc12)c1cn([C@@H]2CCOc3ccc(Br)cc32)nn1. The lowest BCUT2D eigenvalue weighted by Crippen LogP contribution is -2.41. The summed E-state index contributed by atoms with van der Waals surface area (Å²) in [5.41, 5.74) is 1.33. The van der Waals surface area contributed by atoms with Crippen LogP contribution in [0.1, 0.15) is 60.0 Å². The Hall–Kier alpha value is -4.19. The number of carbonyl (C=O) groups excluding carboxylic acids is 1. The quantitative estimate of drug-likeness (QED) is 0.265. The monoisotopic (exact) mass is 607 g/mol. The van der Waals surface area contributed by atoms with Gasteiger partial charge in [-0.05, 0) is 38.1 Å². The smallest absolute Gasteiger partial charge is 0.280 e. The molecule has 12 heteroatoms. The second-order valence-corrected chi connectivity index (χ2v) is 10.9. The van der Waals surface area contributed by atoms with E-state index in [4.69, 9.17) is 4.74 Å². The van der Waals surface area contributed by atoms with Crippen LogP contribution < -0.4 is 10.1 Å². The van der Waals surface area contributed by atoms with Crippen molar-refractivity contribution in [1.82, 2.24) is 34.9 Å². The van der Waals surface area contributed by atoms with Crippen LogP contribution in [0.4, 0.5) is 8.78 Å². The Morgan fingerprint density at radius 1 is 1.18 bits per heavy atom. The summed E-state index contributed by atoms with van der Waals surface area (Å²) in [5, 5.41) is 16.0. The molecule has 0 radical (unpaired) electrons. The maximum atomic E-state index is 13.8. The van der Waals surface area contributed by atoms with Gasteiger partial charge in [-0.1, -0.05) is 51.5 Å². The summed E-state index contributed by atoms with van der Waals surface area (Å²) in [5.74, 6) is 0.274. The lowest BCUT2D eigenvalue weighted by Gasteiger charge is -2.26. The molecular weight excluding hydrogens is 584 g/mol. The number of benzene rings is 2. The molecule has 2 aromatic carbocycles. The summed E-state index contributed by atoms with van der Waals surface area (Å²) in [6.45, 7) is 4.14. The molecule has 3 aromatic heterocycles. The average molecular weight is 608 g/mol. The lowest BCUT2D eigenvalue weighted by atomic mass is 9.99. The van der Waals surface area contributed by atoms with E-state index in [1.165, 1.54) is 16.8 Å². The van der Waals surface area contributed by atoms with Gasteiger partial charge < -0.3 is 10.1 Å². The van der Waals surface area contributed by atoms with Crippen LogP contribution in [0.15, 0.2) is 71.5 Å². The molecule has 0 saturated carbocycles. The third kappa shape index (κ3) is 4.72. The Labute approximate surface area is 236 Å². The number of fused-ring (bicyclic) bond motifs is 2. The number of aromatic nitrogens is 6. The first-order chi connectivity index (χ1) is 19.2. The van der Waals surface area contributed by atoms with E-state index in [0.29, 0.717) is 30.0 Å². The molecule has 0 bridgehead atoms. The van der Waals surface area contributed by atoms with Crippen LogP contribution in [0.25, 0.3) is 16.9 Å². The topological polar surface area (TPSA) is 99.2 Å². The summed E-state index contributed by atoms with van der Waals surface area (Å²) in [6.07, 6.45) is 1.03. The minimum absolute atomic E-state index is 0.0398. The fraction of sp³-hybridized carbons (Fsp3) is 0.250. The summed E-state index contributed by atoms with van der Waals surface area (Å²) in [4.78, 5) is 17.6. The number of rotatable bonds is 6. The molecule has 40 heavy (non-hydrogen) atoms. The molecule has 0 fully saturated rings. The zero-order valence-electron chi connectivity index (χ0n) is 21.6. The highest BCUT2D eigenvalue weighted by Gasteiger charge is 2.31. The van der Waals surface area contributed by atoms with Crippen molar-refractivity contribution in [2.75, 3.05) is 6.61 Å². The van der Waals surface area contributed by atoms with Crippen LogP contribution in [-0.2, 0) is 5.54 Å². The van der Waals surface area contributed by atoms with Gasteiger partial charge in [0.25, 0.3) is 12.3 Å². The second-order valence-electron chi connectivity index (χ2n) is 10.0. The van der Waals surface area contributed by atoms with Crippen molar-refractivity contribution < 1.29 is 18.3 Å². The molecule has 1 aliphatic heterocycles. The number of nitrogens with zero attached hydrogens (tertiary/aromatic N) is 6. The highest BCUT2D eigenvalue weighted by atomic mass is 79.9. The van der Waals surface area contributed by atoms with Crippen molar-refractivity contribution in [3.63, 3.8) is 0 Å². The van der Waals surface area contributed by atoms with Crippen LogP contribution in [0.5, 0.6) is 5.75 Å². The van der Waals surface area contributed by atoms with Crippen molar-refractivity contribution >= 4 is 27.5 Å². The van der Waals surface area contributed by atoms with Gasteiger partial charge >= 0.3 is 0 Å². The molecular formula is C28H24BrF2N7O2. The Morgan fingerprint density at radius 3 is 2.75 bits per heavy atom. The van der Waals surface area contributed by atoms with E-state index < -0.39 is 23.6 Å². The largest absolute Gasteiger partial charge is 0.493 e. The highest BCUT2D eigenvalue weighted by molar-refractivity contribution is 9.10. The molecule has 9 nitrogen and oxygen atoms in total. The molecule has 0 unspecified atom stereocenters. The van der Waals surface area contributed by atoms with Crippen molar-refractivity contribution in [1.29, 1.82) is 0 Å². The lowest BCUT2D eigenvalue weighted by molar-refractivity contribution is 0.0911. The maximum Gasteiger partial charge on any atom is 0.280 e. The van der Waals surface area contributed by atoms with E-state index in [1.54, 1.807) is 49.0 Å². The Balaban J connectivity index is 1.30. The normalized spacial score (nSPS) is 15.2. The molecule has 0 aliphatic carbocycles. The van der Waals surface area contributed by atoms with Crippen LogP contribution >= 0.6 is 15.9 Å². The predicted molar refractivity (Wildman–Crippen MR) is 146 cm³/mol. The molecule has 1 amide bonds. The van der Waals surface area contributed by atoms with Crippen LogP contribution in [0.3, 0.4) is 0 Å². The van der Waals surface area contributed by atoms with Crippen LogP contribution in [-0.4, -0.2) is 42.1 Å². The Morgan fingerprint density at radius 2 is 1.98 bits per heavy atom. The van der Waals surface area contributed by atoms with Gasteiger partial charge in [0.05, 0.1) is 36.3 Å². The molecule has 4 heterocycles. The van der Waals surface area contributed by atoms with Gasteiger partial charge in [0.15, 0.2) is 5.65 Å². The zero-order valence-corrected chi connectivity index (χ0v) is 23.1. The van der Waals surface area contributed by atoms with E-state index in [1.807, 2.05) is 24.3 Å². The number of amides is 1. The summed E-state index contributed by atoms with van der Waals surface area (Å²) in [7, 11) is 0. The van der Waals surface area contributed by atoms with Crippen molar-refractivity contribution in [2.45, 2.75) is 38.3 Å². The van der Waals surface area contributed by atoms with E-state index in [2.05, 4.69) is 41.6 Å². The van der Waals surface area contributed by atoms with Gasteiger partial charge in [0.2, 0.25) is 0 Å². The van der Waals surface area contributed by atoms with Gasteiger partial charge in [-0.2, -0.15) is 5.10 Å². The molecule has 1 aliphatic rings. The van der Waals surface area contributed by atoms with Crippen molar-refractivity contribution in [2.24, 2.45) is 0 Å². The summed E-state index contributed by atoms with van der Waals surface area (Å²) < 4.78 is 37.4. The fourth-order valence-corrected chi connectivity index (χ4v) is 5.20. The first kappa shape index (κ1) is 26.1. The summed E-state index contributed by atoms with van der Waals surface area (Å²) >= 11 is 3.52. The number of alkyl halides is 2. The van der Waals surface area contributed by atoms with E-state index >= 15 is 0 Å². The molecule has 6 rings (SSSR count). The Bertz CT molecular complexity index is 1720. The maximum absolute atomic E-state index is 13.8. The first-order valence-electron chi connectivity index (χ1n) is 12.6. The van der Waals surface area contributed by atoms with Crippen molar-refractivity contribution in [3.05, 3.63) is 94.0 Å². The Kier molecular flexibility index (Phi) is 6.57. The second kappa shape index (κ2) is 10.1. The number of hydrogen-bond donors (Lipinski definition) is 1. The zero-order chi connectivity index (χ0) is 28.0. The van der Waals surface area contributed by atoms with E-state index in [-0.39, 0.29) is 17.3 Å². The molecule has 1 atom stereocenters. The standard InChI is InChI=1S/C28H24BrF2N7O2/c1-28(2,24-15-37(36-35-24)21-10-11-40-23-9-8-17(29)12-18(21)23)34-27(39)19-14-32-38-22(16-6-4-3-5-7-16)13-20(25(30)31)33-26(19)38/h3-9,12-15,21,25H,10-11H2,1-2H3,(H,34,39)/t21-/m1/s1. The third-order valence-electron chi connectivity index (χ3n) is 6.91. The van der Waals surface area contributed by atoms with Crippen molar-refractivity contribution in [3.8, 4) is 17.0 Å². The van der Waals surface area contributed by atoms with E-state index in [0.717, 1.165) is 15.8 Å². The van der Waals surface area contributed by atoms with Crippen LogP contribution in [0.2, 0.25) is 0 Å². The highest BCUT2D eigenvalue weighted by Crippen LogP contribution is 2.36. The first-order valence-corrected chi connectivity index (χ1v) is 13.4. The number of nitrogens with one attached hydrogen (secondary N) is 1. The van der Waals surface area contributed by atoms with Gasteiger partial charge in [0, 0.05) is 22.0 Å².